The zero-order chi connectivity index (χ0) is 9.19. The first-order chi connectivity index (χ1) is 5.47. The molecule has 12 heavy (non-hydrogen) atoms. The fourth-order valence-electron chi connectivity index (χ4n) is 0.766. The lowest BCUT2D eigenvalue weighted by molar-refractivity contribution is 0.799. The van der Waals surface area contributed by atoms with E-state index < -0.39 is 0 Å². The maximum Gasteiger partial charge on any atom is 0.0966 e. The molecule has 0 atom stereocenters. The predicted octanol–water partition coefficient (Wildman–Crippen LogP) is 2.55. The van der Waals surface area contributed by atoms with Gasteiger partial charge in [0.15, 0.2) is 0 Å². The highest BCUT2D eigenvalue weighted by molar-refractivity contribution is 8.00. The summed E-state index contributed by atoms with van der Waals surface area (Å²) in [5.41, 5.74) is 6.23. The van der Waals surface area contributed by atoms with Crippen LogP contribution in [0.1, 0.15) is 20.8 Å². The topological polar surface area (TPSA) is 38.9 Å². The molecule has 0 radical (unpaired) electrons. The molecule has 0 aliphatic heterocycles. The summed E-state index contributed by atoms with van der Waals surface area (Å²) in [5.74, 6) is 0. The van der Waals surface area contributed by atoms with Crippen molar-refractivity contribution in [2.24, 2.45) is 0 Å². The monoisotopic (exact) mass is 182 g/mol. The van der Waals surface area contributed by atoms with Gasteiger partial charge >= 0.3 is 0 Å². The van der Waals surface area contributed by atoms with Crippen LogP contribution in [-0.4, -0.2) is 9.73 Å². The maximum atomic E-state index is 5.52. The van der Waals surface area contributed by atoms with E-state index in [-0.39, 0.29) is 4.75 Å². The van der Waals surface area contributed by atoms with Crippen molar-refractivity contribution in [2.45, 2.75) is 30.5 Å². The molecule has 0 unspecified atom stereocenters. The largest absolute Gasteiger partial charge is 0.397 e. The van der Waals surface area contributed by atoms with E-state index in [0.29, 0.717) is 5.69 Å². The number of thioether (sulfide) groups is 1. The number of hydrogen-bond donors (Lipinski definition) is 1. The first kappa shape index (κ1) is 9.39. The molecule has 3 heteroatoms. The van der Waals surface area contributed by atoms with E-state index in [1.807, 2.05) is 12.1 Å². The van der Waals surface area contributed by atoms with Crippen LogP contribution in [0.4, 0.5) is 5.69 Å². The van der Waals surface area contributed by atoms with Crippen LogP contribution in [0.3, 0.4) is 0 Å². The Morgan fingerprint density at radius 3 is 2.42 bits per heavy atom. The van der Waals surface area contributed by atoms with Crippen LogP contribution in [0.5, 0.6) is 0 Å². The van der Waals surface area contributed by atoms with Crippen LogP contribution in [0.25, 0.3) is 0 Å². The van der Waals surface area contributed by atoms with Gasteiger partial charge in [0, 0.05) is 4.75 Å². The lowest BCUT2D eigenvalue weighted by Gasteiger charge is -2.16. The summed E-state index contributed by atoms with van der Waals surface area (Å²) in [5, 5.41) is 1.02. The number of pyridine rings is 1. The predicted molar refractivity (Wildman–Crippen MR) is 54.3 cm³/mol. The fourth-order valence-corrected chi connectivity index (χ4v) is 1.63. The Kier molecular flexibility index (Phi) is 2.62. The number of nitrogen functional groups attached to an aromatic ring is 1. The molecule has 0 amide bonds. The van der Waals surface area contributed by atoms with E-state index in [9.17, 15) is 0 Å². The number of aromatic nitrogens is 1. The van der Waals surface area contributed by atoms with Gasteiger partial charge in [-0.15, -0.1) is 11.8 Å². The highest BCUT2D eigenvalue weighted by atomic mass is 32.2. The molecule has 2 nitrogen and oxygen atoms in total. The van der Waals surface area contributed by atoms with Gasteiger partial charge in [0.2, 0.25) is 0 Å². The number of anilines is 1. The standard InChI is InChI=1S/C9H14N2S/c1-9(2,3)12-8-5-4-7(10)6-11-8/h4-6H,10H2,1-3H3. The third-order valence-electron chi connectivity index (χ3n) is 1.17. The minimum absolute atomic E-state index is 0.211. The van der Waals surface area contributed by atoms with Crippen molar-refractivity contribution < 1.29 is 0 Å². The normalized spacial score (nSPS) is 11.6. The van der Waals surface area contributed by atoms with Crippen LogP contribution >= 0.6 is 11.8 Å². The Balaban J connectivity index is 2.71. The molecule has 0 bridgehead atoms. The van der Waals surface area contributed by atoms with Crippen LogP contribution in [0.15, 0.2) is 23.4 Å². The fraction of sp³-hybridized carbons (Fsp3) is 0.444. The Morgan fingerprint density at radius 1 is 1.33 bits per heavy atom. The second-order valence-corrected chi connectivity index (χ2v) is 5.49. The Labute approximate surface area is 77.6 Å². The molecule has 66 valence electrons. The zero-order valence-electron chi connectivity index (χ0n) is 7.66. The van der Waals surface area contributed by atoms with Gasteiger partial charge in [0.25, 0.3) is 0 Å². The molecule has 0 saturated heterocycles. The average molecular weight is 182 g/mol. The Bertz CT molecular complexity index is 248. The number of hydrogen-bond acceptors (Lipinski definition) is 3. The van der Waals surface area contributed by atoms with Gasteiger partial charge < -0.3 is 5.73 Å². The quantitative estimate of drug-likeness (QED) is 0.678. The summed E-state index contributed by atoms with van der Waals surface area (Å²) >= 11 is 1.74. The molecule has 1 heterocycles. The van der Waals surface area contributed by atoms with Gasteiger partial charge in [0.1, 0.15) is 0 Å². The minimum Gasteiger partial charge on any atom is -0.397 e. The van der Waals surface area contributed by atoms with Crippen molar-refractivity contribution in [3.63, 3.8) is 0 Å². The van der Waals surface area contributed by atoms with E-state index in [4.69, 9.17) is 5.73 Å². The van der Waals surface area contributed by atoms with Crippen LogP contribution < -0.4 is 5.73 Å². The highest BCUT2D eigenvalue weighted by Crippen LogP contribution is 2.30. The van der Waals surface area contributed by atoms with E-state index >= 15 is 0 Å². The summed E-state index contributed by atoms with van der Waals surface area (Å²) in [6, 6.07) is 3.83. The zero-order valence-corrected chi connectivity index (χ0v) is 8.48. The van der Waals surface area contributed by atoms with Crippen molar-refractivity contribution in [3.8, 4) is 0 Å². The smallest absolute Gasteiger partial charge is 0.0966 e. The average Bonchev–Trinajstić information content (AvgIpc) is 1.91. The summed E-state index contributed by atoms with van der Waals surface area (Å²) in [4.78, 5) is 4.20. The lowest BCUT2D eigenvalue weighted by Crippen LogP contribution is -2.07. The van der Waals surface area contributed by atoms with E-state index in [1.54, 1.807) is 18.0 Å². The Hall–Kier alpha value is -0.700. The third kappa shape index (κ3) is 3.13. The number of nitrogens with zero attached hydrogens (tertiary/aromatic N) is 1. The first-order valence-corrected chi connectivity index (χ1v) is 4.69. The molecule has 0 aliphatic carbocycles. The molecule has 1 rings (SSSR count). The third-order valence-corrected chi connectivity index (χ3v) is 2.23. The van der Waals surface area contributed by atoms with Crippen LogP contribution in [0.2, 0.25) is 0 Å². The molecule has 0 spiro atoms. The molecule has 0 saturated carbocycles. The van der Waals surface area contributed by atoms with Gasteiger partial charge in [-0.25, -0.2) is 4.98 Å². The summed E-state index contributed by atoms with van der Waals surface area (Å²) in [7, 11) is 0. The summed E-state index contributed by atoms with van der Waals surface area (Å²) < 4.78 is 0.211. The summed E-state index contributed by atoms with van der Waals surface area (Å²) in [6.07, 6.45) is 1.69. The Morgan fingerprint density at radius 2 is 2.00 bits per heavy atom. The molecule has 0 fully saturated rings. The van der Waals surface area contributed by atoms with E-state index in [2.05, 4.69) is 25.8 Å². The number of nitrogens with two attached hydrogens (primary N) is 1. The van der Waals surface area contributed by atoms with Crippen LogP contribution in [0, 0.1) is 0 Å². The van der Waals surface area contributed by atoms with Gasteiger partial charge in [-0.1, -0.05) is 20.8 Å². The SMILES string of the molecule is CC(C)(C)Sc1ccc(N)cn1. The van der Waals surface area contributed by atoms with Crippen molar-refractivity contribution in [2.75, 3.05) is 5.73 Å². The maximum absolute atomic E-state index is 5.52. The molecular formula is C9H14N2S. The second-order valence-electron chi connectivity index (χ2n) is 3.64. The molecule has 2 N–H and O–H groups in total. The second kappa shape index (κ2) is 3.35. The molecule has 0 aliphatic rings. The first-order valence-electron chi connectivity index (χ1n) is 3.88. The minimum atomic E-state index is 0.211. The van der Waals surface area contributed by atoms with E-state index in [0.717, 1.165) is 5.03 Å². The van der Waals surface area contributed by atoms with Gasteiger partial charge in [-0.05, 0) is 12.1 Å². The van der Waals surface area contributed by atoms with Gasteiger partial charge in [-0.3, -0.25) is 0 Å². The van der Waals surface area contributed by atoms with Crippen molar-refractivity contribution in [1.29, 1.82) is 0 Å². The molecule has 1 aromatic heterocycles. The van der Waals surface area contributed by atoms with Crippen LogP contribution in [-0.2, 0) is 0 Å². The highest BCUT2D eigenvalue weighted by Gasteiger charge is 2.12. The molecule has 1 aromatic rings. The molecule has 0 aromatic carbocycles. The number of rotatable bonds is 1. The lowest BCUT2D eigenvalue weighted by atomic mass is 10.3. The van der Waals surface area contributed by atoms with E-state index in [1.165, 1.54) is 0 Å². The van der Waals surface area contributed by atoms with Gasteiger partial charge in [-0.2, -0.15) is 0 Å². The molecular weight excluding hydrogens is 168 g/mol. The van der Waals surface area contributed by atoms with Crippen molar-refractivity contribution in [1.82, 2.24) is 4.98 Å². The van der Waals surface area contributed by atoms with Gasteiger partial charge in [0.05, 0.1) is 16.9 Å². The summed E-state index contributed by atoms with van der Waals surface area (Å²) in [6.45, 7) is 6.49. The van der Waals surface area contributed by atoms with Crippen molar-refractivity contribution in [3.05, 3.63) is 18.3 Å². The van der Waals surface area contributed by atoms with Crippen molar-refractivity contribution >= 4 is 17.4 Å².